The van der Waals surface area contributed by atoms with E-state index in [2.05, 4.69) is 15.5 Å². The fourth-order valence-electron chi connectivity index (χ4n) is 2.71. The molecular weight excluding hydrogens is 360 g/mol. The van der Waals surface area contributed by atoms with Crippen molar-refractivity contribution in [1.29, 1.82) is 0 Å². The molecular formula is C20H18N4O2S. The second-order valence-electron chi connectivity index (χ2n) is 6.22. The lowest BCUT2D eigenvalue weighted by molar-refractivity contribution is -0.113. The molecule has 6 nitrogen and oxygen atoms in total. The van der Waals surface area contributed by atoms with Crippen molar-refractivity contribution >= 4 is 34.3 Å². The molecule has 0 aliphatic heterocycles. The lowest BCUT2D eigenvalue weighted by Gasteiger charge is -2.05. The van der Waals surface area contributed by atoms with Crippen LogP contribution in [0, 0.1) is 6.92 Å². The molecule has 0 unspecified atom stereocenters. The quantitative estimate of drug-likeness (QED) is 0.525. The maximum absolute atomic E-state index is 12.2. The molecule has 0 fully saturated rings. The zero-order valence-corrected chi connectivity index (χ0v) is 15.8. The summed E-state index contributed by atoms with van der Waals surface area (Å²) in [5.41, 5.74) is 2.74. The molecule has 0 aliphatic rings. The van der Waals surface area contributed by atoms with E-state index in [-0.39, 0.29) is 11.7 Å². The van der Waals surface area contributed by atoms with Crippen LogP contribution in [0.4, 0.5) is 5.69 Å². The van der Waals surface area contributed by atoms with E-state index in [4.69, 9.17) is 4.42 Å². The number of thioether (sulfide) groups is 1. The lowest BCUT2D eigenvalue weighted by atomic mass is 10.2. The van der Waals surface area contributed by atoms with E-state index in [0.717, 1.165) is 22.2 Å². The van der Waals surface area contributed by atoms with Gasteiger partial charge in [-0.2, -0.15) is 0 Å². The van der Waals surface area contributed by atoms with Crippen LogP contribution in [0.25, 0.3) is 22.6 Å². The highest BCUT2D eigenvalue weighted by Gasteiger charge is 2.16. The number of carbonyl (C=O) groups is 1. The Kier molecular flexibility index (Phi) is 4.68. The summed E-state index contributed by atoms with van der Waals surface area (Å²) in [4.78, 5) is 12.2. The summed E-state index contributed by atoms with van der Waals surface area (Å²) in [6.07, 6.45) is 0. The van der Waals surface area contributed by atoms with Crippen LogP contribution in [0.5, 0.6) is 0 Å². The van der Waals surface area contributed by atoms with Crippen LogP contribution in [0.3, 0.4) is 0 Å². The summed E-state index contributed by atoms with van der Waals surface area (Å²) in [6, 6.07) is 17.4. The summed E-state index contributed by atoms with van der Waals surface area (Å²) in [6.45, 7) is 2.01. The molecule has 0 spiro atoms. The van der Waals surface area contributed by atoms with Crippen LogP contribution in [-0.4, -0.2) is 26.4 Å². The number of benzene rings is 2. The Hall–Kier alpha value is -3.06. The molecule has 2 aromatic heterocycles. The number of hydrogen-bond acceptors (Lipinski definition) is 5. The van der Waals surface area contributed by atoms with E-state index >= 15 is 0 Å². The van der Waals surface area contributed by atoms with E-state index in [1.807, 2.05) is 73.1 Å². The number of aromatic nitrogens is 3. The minimum absolute atomic E-state index is 0.0860. The smallest absolute Gasteiger partial charge is 0.234 e. The van der Waals surface area contributed by atoms with Gasteiger partial charge < -0.3 is 14.3 Å². The molecule has 2 aromatic carbocycles. The number of furan rings is 1. The molecule has 0 aliphatic carbocycles. The number of hydrogen-bond donors (Lipinski definition) is 1. The normalized spacial score (nSPS) is 11.0. The van der Waals surface area contributed by atoms with E-state index in [9.17, 15) is 4.79 Å². The van der Waals surface area contributed by atoms with Crippen molar-refractivity contribution in [3.63, 3.8) is 0 Å². The number of rotatable bonds is 5. The van der Waals surface area contributed by atoms with Gasteiger partial charge in [-0.05, 0) is 31.2 Å². The Morgan fingerprint density at radius 1 is 1.15 bits per heavy atom. The number of para-hydroxylation sites is 1. The van der Waals surface area contributed by atoms with Crippen molar-refractivity contribution in [2.75, 3.05) is 11.1 Å². The van der Waals surface area contributed by atoms with Gasteiger partial charge in [0.15, 0.2) is 16.7 Å². The average Bonchev–Trinajstić information content (AvgIpc) is 3.25. The highest BCUT2D eigenvalue weighted by atomic mass is 32.2. The van der Waals surface area contributed by atoms with E-state index in [1.165, 1.54) is 11.8 Å². The Bertz CT molecular complexity index is 1070. The summed E-state index contributed by atoms with van der Waals surface area (Å²) in [5.74, 6) is 1.45. The highest BCUT2D eigenvalue weighted by Crippen LogP contribution is 2.28. The second kappa shape index (κ2) is 7.28. The van der Waals surface area contributed by atoms with Gasteiger partial charge in [-0.1, -0.05) is 47.7 Å². The number of carbonyl (C=O) groups excluding carboxylic acids is 1. The topological polar surface area (TPSA) is 73.0 Å². The molecule has 27 heavy (non-hydrogen) atoms. The van der Waals surface area contributed by atoms with Crippen molar-refractivity contribution in [3.8, 4) is 11.6 Å². The minimum atomic E-state index is -0.0860. The number of nitrogens with one attached hydrogen (secondary N) is 1. The molecule has 1 N–H and O–H groups in total. The van der Waals surface area contributed by atoms with Crippen molar-refractivity contribution in [2.24, 2.45) is 7.05 Å². The SMILES string of the molecule is Cc1ccc(NC(=O)CSc2nnc(-c3cc4ccccc4o3)n2C)cc1. The fraction of sp³-hybridized carbons (Fsp3) is 0.150. The number of anilines is 1. The zero-order chi connectivity index (χ0) is 18.8. The number of nitrogens with zero attached hydrogens (tertiary/aromatic N) is 3. The standard InChI is InChI=1S/C20H18N4O2S/c1-13-7-9-15(10-8-13)21-18(25)12-27-20-23-22-19(24(20)2)17-11-14-5-3-4-6-16(14)26-17/h3-11H,12H2,1-2H3,(H,21,25). The predicted octanol–water partition coefficient (Wildman–Crippen LogP) is 4.27. The van der Waals surface area contributed by atoms with Crippen LogP contribution in [0.1, 0.15) is 5.56 Å². The van der Waals surface area contributed by atoms with Gasteiger partial charge in [0.2, 0.25) is 5.91 Å². The van der Waals surface area contributed by atoms with E-state index < -0.39 is 0 Å². The van der Waals surface area contributed by atoms with Crippen molar-refractivity contribution in [3.05, 3.63) is 60.2 Å². The Morgan fingerprint density at radius 2 is 1.93 bits per heavy atom. The van der Waals surface area contributed by atoms with Gasteiger partial charge in [0, 0.05) is 18.1 Å². The molecule has 7 heteroatoms. The van der Waals surface area contributed by atoms with Gasteiger partial charge in [0.25, 0.3) is 0 Å². The Balaban J connectivity index is 1.44. The maximum Gasteiger partial charge on any atom is 0.234 e. The molecule has 4 aromatic rings. The van der Waals surface area contributed by atoms with Gasteiger partial charge in [-0.25, -0.2) is 0 Å². The average molecular weight is 378 g/mol. The van der Waals surface area contributed by atoms with Crippen molar-refractivity contribution in [2.45, 2.75) is 12.1 Å². The molecule has 0 radical (unpaired) electrons. The number of fused-ring (bicyclic) bond motifs is 1. The monoisotopic (exact) mass is 378 g/mol. The van der Waals surface area contributed by atoms with Gasteiger partial charge in [-0.15, -0.1) is 10.2 Å². The third kappa shape index (κ3) is 3.73. The molecule has 2 heterocycles. The lowest BCUT2D eigenvalue weighted by Crippen LogP contribution is -2.14. The van der Waals surface area contributed by atoms with Crippen LogP contribution in [0.15, 0.2) is 64.2 Å². The van der Waals surface area contributed by atoms with Gasteiger partial charge in [-0.3, -0.25) is 4.79 Å². The first-order chi connectivity index (χ1) is 13.1. The first-order valence-corrected chi connectivity index (χ1v) is 9.46. The molecule has 1 amide bonds. The van der Waals surface area contributed by atoms with Gasteiger partial charge >= 0.3 is 0 Å². The largest absolute Gasteiger partial charge is 0.453 e. The highest BCUT2D eigenvalue weighted by molar-refractivity contribution is 7.99. The zero-order valence-electron chi connectivity index (χ0n) is 15.0. The second-order valence-corrected chi connectivity index (χ2v) is 7.16. The van der Waals surface area contributed by atoms with Crippen LogP contribution < -0.4 is 5.32 Å². The van der Waals surface area contributed by atoms with E-state index in [0.29, 0.717) is 16.7 Å². The molecule has 0 atom stereocenters. The maximum atomic E-state index is 12.2. The molecule has 0 saturated heterocycles. The van der Waals surface area contributed by atoms with Crippen molar-refractivity contribution in [1.82, 2.24) is 14.8 Å². The first kappa shape index (κ1) is 17.4. The fourth-order valence-corrected chi connectivity index (χ4v) is 3.42. The summed E-state index contributed by atoms with van der Waals surface area (Å²) < 4.78 is 7.69. The van der Waals surface area contributed by atoms with E-state index in [1.54, 1.807) is 0 Å². The van der Waals surface area contributed by atoms with Gasteiger partial charge in [0.05, 0.1) is 5.75 Å². The molecule has 0 saturated carbocycles. The predicted molar refractivity (Wildman–Crippen MR) is 107 cm³/mol. The van der Waals surface area contributed by atoms with Crippen molar-refractivity contribution < 1.29 is 9.21 Å². The Morgan fingerprint density at radius 3 is 2.70 bits per heavy atom. The summed E-state index contributed by atoms with van der Waals surface area (Å²) >= 11 is 1.34. The van der Waals surface area contributed by atoms with Crippen LogP contribution >= 0.6 is 11.8 Å². The number of amides is 1. The van der Waals surface area contributed by atoms with Crippen LogP contribution in [0.2, 0.25) is 0 Å². The summed E-state index contributed by atoms with van der Waals surface area (Å²) in [5, 5.41) is 13.0. The van der Waals surface area contributed by atoms with Gasteiger partial charge in [0.1, 0.15) is 5.58 Å². The Labute approximate surface area is 160 Å². The third-order valence-corrected chi connectivity index (χ3v) is 5.17. The minimum Gasteiger partial charge on any atom is -0.453 e. The summed E-state index contributed by atoms with van der Waals surface area (Å²) in [7, 11) is 1.86. The number of aryl methyl sites for hydroxylation is 1. The first-order valence-electron chi connectivity index (χ1n) is 8.48. The van der Waals surface area contributed by atoms with Crippen LogP contribution in [-0.2, 0) is 11.8 Å². The molecule has 0 bridgehead atoms. The molecule has 4 rings (SSSR count). The molecule has 136 valence electrons. The third-order valence-electron chi connectivity index (χ3n) is 4.15.